The van der Waals surface area contributed by atoms with Crippen LogP contribution in [0.25, 0.3) is 33.4 Å². The van der Waals surface area contributed by atoms with E-state index in [0.29, 0.717) is 33.6 Å². The minimum Gasteiger partial charge on any atom is -0.360 e. The van der Waals surface area contributed by atoms with E-state index >= 15 is 0 Å². The predicted molar refractivity (Wildman–Crippen MR) is 107 cm³/mol. The van der Waals surface area contributed by atoms with Crippen LogP contribution in [0.2, 0.25) is 0 Å². The van der Waals surface area contributed by atoms with Gasteiger partial charge in [0.05, 0.1) is 16.8 Å². The fourth-order valence-corrected chi connectivity index (χ4v) is 3.36. The number of halogens is 1. The Balaban J connectivity index is 2.03. The van der Waals surface area contributed by atoms with E-state index in [2.05, 4.69) is 10.1 Å². The number of hydrogen-bond donors (Lipinski definition) is 1. The third kappa shape index (κ3) is 3.10. The molecule has 0 aliphatic rings. The number of aromatic nitrogens is 2. The van der Waals surface area contributed by atoms with Crippen molar-refractivity contribution in [1.29, 1.82) is 0 Å². The van der Waals surface area contributed by atoms with Gasteiger partial charge in [-0.1, -0.05) is 35.5 Å². The number of benzene rings is 2. The molecular weight excluding hydrogens is 373 g/mol. The van der Waals surface area contributed by atoms with Crippen LogP contribution in [0, 0.1) is 12.7 Å². The zero-order valence-electron chi connectivity index (χ0n) is 16.1. The van der Waals surface area contributed by atoms with Gasteiger partial charge in [0.1, 0.15) is 17.3 Å². The van der Waals surface area contributed by atoms with Gasteiger partial charge in [0.15, 0.2) is 0 Å². The Kier molecular flexibility index (Phi) is 4.50. The van der Waals surface area contributed by atoms with E-state index in [4.69, 9.17) is 4.52 Å². The summed E-state index contributed by atoms with van der Waals surface area (Å²) in [6.07, 6.45) is 0. The van der Waals surface area contributed by atoms with E-state index in [-0.39, 0.29) is 5.56 Å². The predicted octanol–water partition coefficient (Wildman–Crippen LogP) is 4.21. The van der Waals surface area contributed by atoms with Crippen LogP contribution in [-0.4, -0.2) is 40.8 Å². The molecule has 0 aliphatic carbocycles. The Labute approximate surface area is 165 Å². The first-order valence-electron chi connectivity index (χ1n) is 8.97. The topological polar surface area (TPSA) is 79.2 Å². The first kappa shape index (κ1) is 18.6. The highest BCUT2D eigenvalue weighted by atomic mass is 19.1. The molecule has 0 saturated heterocycles. The number of ketones is 1. The lowest BCUT2D eigenvalue weighted by molar-refractivity contribution is -0.124. The van der Waals surface area contributed by atoms with Crippen molar-refractivity contribution >= 4 is 22.6 Å². The van der Waals surface area contributed by atoms with Gasteiger partial charge in [0, 0.05) is 30.6 Å². The van der Waals surface area contributed by atoms with Gasteiger partial charge >= 0.3 is 0 Å². The minimum atomic E-state index is -0.735. The number of nitrogens with zero attached hydrogens (tertiary/aromatic N) is 2. The highest BCUT2D eigenvalue weighted by Crippen LogP contribution is 2.39. The van der Waals surface area contributed by atoms with Crippen LogP contribution in [0.3, 0.4) is 0 Å². The number of rotatable bonds is 4. The quantitative estimate of drug-likeness (QED) is 0.418. The third-order valence-corrected chi connectivity index (χ3v) is 4.75. The molecule has 29 heavy (non-hydrogen) atoms. The molecule has 0 atom stereocenters. The van der Waals surface area contributed by atoms with Crippen molar-refractivity contribution in [2.45, 2.75) is 6.92 Å². The van der Waals surface area contributed by atoms with Crippen molar-refractivity contribution in [3.63, 3.8) is 0 Å². The minimum absolute atomic E-state index is 0.0988. The zero-order valence-corrected chi connectivity index (χ0v) is 16.1. The Morgan fingerprint density at radius 1 is 1.10 bits per heavy atom. The Morgan fingerprint density at radius 3 is 2.52 bits per heavy atom. The normalized spacial score (nSPS) is 11.0. The smallest absolute Gasteiger partial charge is 0.294 e. The van der Waals surface area contributed by atoms with Crippen LogP contribution in [0.15, 0.2) is 53.1 Å². The number of Topliss-reactive ketones (excluding diaryl/α,β-unsaturated/α-hetero) is 1. The van der Waals surface area contributed by atoms with Gasteiger partial charge in [-0.25, -0.2) is 4.39 Å². The number of nitrogens with one attached hydrogen (secondary N) is 1. The van der Waals surface area contributed by atoms with Crippen LogP contribution in [0.5, 0.6) is 0 Å². The summed E-state index contributed by atoms with van der Waals surface area (Å²) >= 11 is 0. The molecule has 0 saturated carbocycles. The van der Waals surface area contributed by atoms with E-state index in [0.717, 1.165) is 5.56 Å². The summed E-state index contributed by atoms with van der Waals surface area (Å²) in [6.45, 7) is 1.73. The van der Waals surface area contributed by atoms with Crippen molar-refractivity contribution in [3.8, 4) is 22.5 Å². The average molecular weight is 391 g/mol. The fourth-order valence-electron chi connectivity index (χ4n) is 3.36. The molecule has 0 fully saturated rings. The van der Waals surface area contributed by atoms with E-state index < -0.39 is 17.5 Å². The molecule has 4 rings (SSSR count). The molecule has 146 valence electrons. The number of hydrogen-bond acceptors (Lipinski definition) is 4. The maximum absolute atomic E-state index is 14.0. The second kappa shape index (κ2) is 7.01. The molecular formula is C22H18FN3O3. The van der Waals surface area contributed by atoms with Crippen molar-refractivity contribution in [2.75, 3.05) is 14.1 Å². The maximum Gasteiger partial charge on any atom is 0.294 e. The molecule has 0 aliphatic heterocycles. The maximum atomic E-state index is 14.0. The average Bonchev–Trinajstić information content (AvgIpc) is 3.27. The largest absolute Gasteiger partial charge is 0.360 e. The molecule has 0 bridgehead atoms. The van der Waals surface area contributed by atoms with Gasteiger partial charge in [-0.3, -0.25) is 9.59 Å². The summed E-state index contributed by atoms with van der Waals surface area (Å²) in [7, 11) is 2.99. The van der Waals surface area contributed by atoms with E-state index in [9.17, 15) is 14.0 Å². The van der Waals surface area contributed by atoms with Gasteiger partial charge in [-0.15, -0.1) is 0 Å². The van der Waals surface area contributed by atoms with Crippen molar-refractivity contribution in [1.82, 2.24) is 15.0 Å². The molecule has 0 unspecified atom stereocenters. The first-order chi connectivity index (χ1) is 13.9. The highest BCUT2D eigenvalue weighted by Gasteiger charge is 2.30. The van der Waals surface area contributed by atoms with Gasteiger partial charge in [-0.2, -0.15) is 0 Å². The zero-order chi connectivity index (χ0) is 20.7. The second-order valence-electron chi connectivity index (χ2n) is 6.92. The van der Waals surface area contributed by atoms with Crippen molar-refractivity contribution < 1.29 is 18.5 Å². The number of aryl methyl sites for hydroxylation is 1. The molecule has 2 aromatic carbocycles. The summed E-state index contributed by atoms with van der Waals surface area (Å²) in [5, 5.41) is 4.49. The molecule has 6 nitrogen and oxygen atoms in total. The van der Waals surface area contributed by atoms with Gasteiger partial charge in [0.25, 0.3) is 11.7 Å². The molecule has 4 aromatic rings. The third-order valence-electron chi connectivity index (χ3n) is 4.75. The monoisotopic (exact) mass is 391 g/mol. The molecule has 1 amide bonds. The Morgan fingerprint density at radius 2 is 1.83 bits per heavy atom. The molecule has 2 aromatic heterocycles. The molecule has 0 radical (unpaired) electrons. The number of H-pyrrole nitrogens is 1. The SMILES string of the molecule is Cc1onc(-c2ccccc2)c1-c1[nH]c2ccc(F)cc2c1C(=O)C(=O)N(C)C. The second-order valence-corrected chi connectivity index (χ2v) is 6.92. The summed E-state index contributed by atoms with van der Waals surface area (Å²) in [5.41, 5.74) is 2.90. The molecule has 2 heterocycles. The lowest BCUT2D eigenvalue weighted by Gasteiger charge is -2.10. The van der Waals surface area contributed by atoms with Crippen LogP contribution in [0.1, 0.15) is 16.1 Å². The lowest BCUT2D eigenvalue weighted by Crippen LogP contribution is -2.30. The summed E-state index contributed by atoms with van der Waals surface area (Å²) in [4.78, 5) is 29.9. The van der Waals surface area contributed by atoms with Crippen LogP contribution in [0.4, 0.5) is 4.39 Å². The number of amides is 1. The Bertz CT molecular complexity index is 1240. The number of carbonyl (C=O) groups excluding carboxylic acids is 2. The molecule has 0 spiro atoms. The van der Waals surface area contributed by atoms with Gasteiger partial charge in [0.2, 0.25) is 0 Å². The lowest BCUT2D eigenvalue weighted by atomic mass is 9.97. The number of carbonyl (C=O) groups is 2. The number of likely N-dealkylation sites (N-methyl/N-ethyl adjacent to an activating group) is 1. The van der Waals surface area contributed by atoms with Crippen LogP contribution >= 0.6 is 0 Å². The number of fused-ring (bicyclic) bond motifs is 1. The summed E-state index contributed by atoms with van der Waals surface area (Å²) in [6, 6.07) is 13.4. The molecule has 7 heteroatoms. The van der Waals surface area contributed by atoms with Crippen LogP contribution < -0.4 is 0 Å². The fraction of sp³-hybridized carbons (Fsp3) is 0.136. The summed E-state index contributed by atoms with van der Waals surface area (Å²) in [5.74, 6) is -1.46. The highest BCUT2D eigenvalue weighted by molar-refractivity contribution is 6.46. The van der Waals surface area contributed by atoms with Crippen LogP contribution in [-0.2, 0) is 4.79 Å². The summed E-state index contributed by atoms with van der Waals surface area (Å²) < 4.78 is 19.4. The van der Waals surface area contributed by atoms with E-state index in [1.165, 1.54) is 37.2 Å². The van der Waals surface area contributed by atoms with Gasteiger partial charge < -0.3 is 14.4 Å². The van der Waals surface area contributed by atoms with Gasteiger partial charge in [-0.05, 0) is 25.1 Å². The number of aromatic amines is 1. The Hall–Kier alpha value is -3.74. The standard InChI is InChI=1S/C22H18FN3O3/c1-12-17(19(25-29-12)13-7-5-4-6-8-13)20-18(21(27)22(28)26(2)3)15-11-14(23)9-10-16(15)24-20/h4-11,24H,1-3H3. The van der Waals surface area contributed by atoms with Crippen molar-refractivity contribution in [2.24, 2.45) is 0 Å². The van der Waals surface area contributed by atoms with E-state index in [1.54, 1.807) is 6.92 Å². The molecule has 1 N–H and O–H groups in total. The van der Waals surface area contributed by atoms with Crippen molar-refractivity contribution in [3.05, 3.63) is 65.7 Å². The van der Waals surface area contributed by atoms with E-state index in [1.807, 2.05) is 30.3 Å². The first-order valence-corrected chi connectivity index (χ1v) is 8.97.